The Morgan fingerprint density at radius 1 is 1.33 bits per heavy atom. The van der Waals surface area contributed by atoms with E-state index in [0.717, 1.165) is 0 Å². The lowest BCUT2D eigenvalue weighted by Crippen LogP contribution is -2.29. The maximum absolute atomic E-state index is 11.9. The summed E-state index contributed by atoms with van der Waals surface area (Å²) in [6, 6.07) is 8.72. The fourth-order valence-corrected chi connectivity index (χ4v) is 1.62. The molecule has 1 heterocycles. The molecule has 1 aromatic carbocycles. The van der Waals surface area contributed by atoms with E-state index in [2.05, 4.69) is 0 Å². The summed E-state index contributed by atoms with van der Waals surface area (Å²) in [5.41, 5.74) is 0.480. The topological polar surface area (TPSA) is 52.6 Å². The van der Waals surface area contributed by atoms with E-state index in [1.54, 1.807) is 37.3 Å². The number of carbonyl (C=O) groups excluding carboxylic acids is 2. The van der Waals surface area contributed by atoms with Crippen LogP contribution in [0, 0.1) is 0 Å². The molecule has 0 aromatic heterocycles. The summed E-state index contributed by atoms with van der Waals surface area (Å²) in [7, 11) is 0. The number of hydrogen-bond donors (Lipinski definition) is 0. The van der Waals surface area contributed by atoms with Crippen molar-refractivity contribution in [2.75, 3.05) is 6.61 Å². The Labute approximate surface area is 105 Å². The number of carbonyl (C=O) groups is 2. The third kappa shape index (κ3) is 3.05. The van der Waals surface area contributed by atoms with E-state index in [1.807, 2.05) is 6.07 Å². The van der Waals surface area contributed by atoms with Crippen LogP contribution >= 0.6 is 0 Å². The zero-order chi connectivity index (χ0) is 13.0. The minimum absolute atomic E-state index is 0.0249. The summed E-state index contributed by atoms with van der Waals surface area (Å²) in [5, 5.41) is 0. The van der Waals surface area contributed by atoms with Gasteiger partial charge in [-0.05, 0) is 31.2 Å². The van der Waals surface area contributed by atoms with Gasteiger partial charge < -0.3 is 9.47 Å². The average molecular weight is 246 g/mol. The van der Waals surface area contributed by atoms with Gasteiger partial charge in [0.25, 0.3) is 0 Å². The molecule has 2 atom stereocenters. The summed E-state index contributed by atoms with van der Waals surface area (Å²) in [6.45, 7) is 1.79. The molecule has 0 aliphatic carbocycles. The quantitative estimate of drug-likeness (QED) is 0.746. The highest BCUT2D eigenvalue weighted by molar-refractivity contribution is 5.91. The maximum atomic E-state index is 11.9. The van der Waals surface area contributed by atoms with Gasteiger partial charge >= 0.3 is 5.97 Å². The lowest BCUT2D eigenvalue weighted by Gasteiger charge is -2.19. The van der Waals surface area contributed by atoms with Gasteiger partial charge in [0, 0.05) is 0 Å². The smallest absolute Gasteiger partial charge is 0.338 e. The molecule has 2 unspecified atom stereocenters. The maximum Gasteiger partial charge on any atom is 0.338 e. The van der Waals surface area contributed by atoms with Crippen molar-refractivity contribution < 1.29 is 19.1 Å². The number of benzene rings is 1. The zero-order valence-corrected chi connectivity index (χ0v) is 10.0. The Balaban J connectivity index is 2.06. The lowest BCUT2D eigenvalue weighted by atomic mass is 10.2. The van der Waals surface area contributed by atoms with Gasteiger partial charge in [0.15, 0.2) is 5.78 Å². The average Bonchev–Trinajstić information content (AvgIpc) is 2.55. The fourth-order valence-electron chi connectivity index (χ4n) is 1.62. The van der Waals surface area contributed by atoms with Crippen LogP contribution in [0.4, 0.5) is 0 Å². The van der Waals surface area contributed by atoms with Crippen LogP contribution < -0.4 is 0 Å². The van der Waals surface area contributed by atoms with E-state index in [1.165, 1.54) is 6.08 Å². The van der Waals surface area contributed by atoms with Crippen LogP contribution in [0.5, 0.6) is 0 Å². The molecule has 1 aromatic rings. The number of esters is 1. The van der Waals surface area contributed by atoms with E-state index >= 15 is 0 Å². The van der Waals surface area contributed by atoms with Gasteiger partial charge in [-0.25, -0.2) is 4.79 Å². The van der Waals surface area contributed by atoms with Crippen LogP contribution in [0.15, 0.2) is 42.5 Å². The minimum Gasteiger partial charge on any atom is -0.452 e. The lowest BCUT2D eigenvalue weighted by molar-refractivity contribution is -0.121. The van der Waals surface area contributed by atoms with Gasteiger partial charge in [-0.15, -0.1) is 0 Å². The highest BCUT2D eigenvalue weighted by atomic mass is 16.6. The molecule has 0 amide bonds. The van der Waals surface area contributed by atoms with E-state index in [-0.39, 0.29) is 18.5 Å². The van der Waals surface area contributed by atoms with Crippen molar-refractivity contribution in [3.63, 3.8) is 0 Å². The predicted octanol–water partition coefficient (Wildman–Crippen LogP) is 1.76. The van der Waals surface area contributed by atoms with Crippen molar-refractivity contribution in [2.24, 2.45) is 0 Å². The summed E-state index contributed by atoms with van der Waals surface area (Å²) >= 11 is 0. The SMILES string of the molecule is CC1OCC(=O)C=CC1OC(=O)c1ccccc1. The number of hydrogen-bond acceptors (Lipinski definition) is 4. The second-order valence-electron chi connectivity index (χ2n) is 4.08. The first-order chi connectivity index (χ1) is 8.66. The molecule has 0 radical (unpaired) electrons. The first-order valence-corrected chi connectivity index (χ1v) is 5.75. The molecule has 1 aliphatic heterocycles. The molecular weight excluding hydrogens is 232 g/mol. The van der Waals surface area contributed by atoms with E-state index < -0.39 is 12.1 Å². The van der Waals surface area contributed by atoms with Crippen molar-refractivity contribution in [1.29, 1.82) is 0 Å². The Kier molecular flexibility index (Phi) is 3.89. The molecule has 0 spiro atoms. The Bertz CT molecular complexity index is 464. The van der Waals surface area contributed by atoms with Crippen LogP contribution in [0.2, 0.25) is 0 Å². The third-order valence-corrected chi connectivity index (χ3v) is 2.68. The van der Waals surface area contributed by atoms with Gasteiger partial charge in [-0.3, -0.25) is 4.79 Å². The Morgan fingerprint density at radius 2 is 2.06 bits per heavy atom. The first-order valence-electron chi connectivity index (χ1n) is 5.75. The molecule has 0 N–H and O–H groups in total. The van der Waals surface area contributed by atoms with Gasteiger partial charge in [0.1, 0.15) is 12.7 Å². The van der Waals surface area contributed by atoms with Crippen LogP contribution in [-0.4, -0.2) is 30.6 Å². The molecule has 0 fully saturated rings. The van der Waals surface area contributed by atoms with Crippen LogP contribution in [0.3, 0.4) is 0 Å². The van der Waals surface area contributed by atoms with E-state index in [0.29, 0.717) is 5.56 Å². The minimum atomic E-state index is -0.538. The highest BCUT2D eigenvalue weighted by Gasteiger charge is 2.23. The molecule has 0 bridgehead atoms. The van der Waals surface area contributed by atoms with Crippen LogP contribution in [0.1, 0.15) is 17.3 Å². The van der Waals surface area contributed by atoms with Crippen molar-refractivity contribution in [1.82, 2.24) is 0 Å². The van der Waals surface area contributed by atoms with Crippen molar-refractivity contribution in [3.05, 3.63) is 48.0 Å². The largest absolute Gasteiger partial charge is 0.452 e. The van der Waals surface area contributed by atoms with E-state index in [9.17, 15) is 9.59 Å². The van der Waals surface area contributed by atoms with Gasteiger partial charge in [0.2, 0.25) is 0 Å². The molecule has 4 heteroatoms. The van der Waals surface area contributed by atoms with Gasteiger partial charge in [-0.2, -0.15) is 0 Å². The van der Waals surface area contributed by atoms with Crippen LogP contribution in [0.25, 0.3) is 0 Å². The Morgan fingerprint density at radius 3 is 2.78 bits per heavy atom. The standard InChI is InChI=1S/C14H14O4/c1-10-13(8-7-12(15)9-17-10)18-14(16)11-5-3-2-4-6-11/h2-8,10,13H,9H2,1H3. The summed E-state index contributed by atoms with van der Waals surface area (Å²) in [5.74, 6) is -0.546. The predicted molar refractivity (Wildman–Crippen MR) is 65.2 cm³/mol. The first kappa shape index (κ1) is 12.5. The van der Waals surface area contributed by atoms with E-state index in [4.69, 9.17) is 9.47 Å². The second kappa shape index (κ2) is 5.60. The zero-order valence-electron chi connectivity index (χ0n) is 10.0. The summed E-state index contributed by atoms with van der Waals surface area (Å²) < 4.78 is 10.6. The van der Waals surface area contributed by atoms with Crippen molar-refractivity contribution in [3.8, 4) is 0 Å². The fraction of sp³-hybridized carbons (Fsp3) is 0.286. The van der Waals surface area contributed by atoms with Gasteiger partial charge in [0.05, 0.1) is 11.7 Å². The normalized spacial score (nSPS) is 23.5. The molecule has 1 aliphatic rings. The summed E-state index contributed by atoms with van der Waals surface area (Å²) in [6.07, 6.45) is 2.09. The molecule has 18 heavy (non-hydrogen) atoms. The third-order valence-electron chi connectivity index (χ3n) is 2.68. The van der Waals surface area contributed by atoms with Crippen molar-refractivity contribution in [2.45, 2.75) is 19.1 Å². The molecule has 0 saturated heterocycles. The molecule has 2 rings (SSSR count). The molecular formula is C14H14O4. The number of ether oxygens (including phenoxy) is 2. The van der Waals surface area contributed by atoms with Gasteiger partial charge in [-0.1, -0.05) is 18.2 Å². The molecule has 4 nitrogen and oxygen atoms in total. The summed E-state index contributed by atoms with van der Waals surface area (Å²) in [4.78, 5) is 23.0. The Hall–Kier alpha value is -1.94. The second-order valence-corrected chi connectivity index (χ2v) is 4.08. The van der Waals surface area contributed by atoms with Crippen LogP contribution in [-0.2, 0) is 14.3 Å². The highest BCUT2D eigenvalue weighted by Crippen LogP contribution is 2.12. The van der Waals surface area contributed by atoms with Crippen molar-refractivity contribution >= 4 is 11.8 Å². The molecule has 94 valence electrons. The number of ketones is 1. The monoisotopic (exact) mass is 246 g/mol. The molecule has 0 saturated carbocycles. The number of rotatable bonds is 2.